The van der Waals surface area contributed by atoms with E-state index in [0.717, 1.165) is 11.3 Å². The number of amides is 2. The smallest absolute Gasteiger partial charge is 0.243 e. The van der Waals surface area contributed by atoms with Crippen molar-refractivity contribution in [2.24, 2.45) is 0 Å². The zero-order valence-electron chi connectivity index (χ0n) is 16.9. The third-order valence-corrected chi connectivity index (χ3v) is 5.34. The van der Waals surface area contributed by atoms with Crippen LogP contribution in [0.2, 0.25) is 0 Å². The van der Waals surface area contributed by atoms with Crippen molar-refractivity contribution >= 4 is 23.6 Å². The molecule has 0 heterocycles. The van der Waals surface area contributed by atoms with Crippen molar-refractivity contribution in [1.82, 2.24) is 10.2 Å². The molecule has 4 nitrogen and oxygen atoms in total. The molecule has 2 aromatic rings. The maximum Gasteiger partial charge on any atom is 0.243 e. The van der Waals surface area contributed by atoms with E-state index in [-0.39, 0.29) is 17.9 Å². The highest BCUT2D eigenvalue weighted by molar-refractivity contribution is 7.99. The first kappa shape index (κ1) is 22.0. The zero-order chi connectivity index (χ0) is 20.4. The van der Waals surface area contributed by atoms with Gasteiger partial charge in [-0.3, -0.25) is 9.59 Å². The number of hydrogen-bond donors (Lipinski definition) is 1. The Morgan fingerprint density at radius 3 is 2.07 bits per heavy atom. The molecule has 2 aromatic carbocycles. The summed E-state index contributed by atoms with van der Waals surface area (Å²) in [5.41, 5.74) is 2.22. The van der Waals surface area contributed by atoms with E-state index in [1.165, 1.54) is 5.56 Å². The average Bonchev–Trinajstić information content (AvgIpc) is 2.69. The number of hydrogen-bond acceptors (Lipinski definition) is 3. The van der Waals surface area contributed by atoms with Crippen LogP contribution in [-0.2, 0) is 21.9 Å². The summed E-state index contributed by atoms with van der Waals surface area (Å²) in [7, 11) is 0. The number of rotatable bonds is 10. The van der Waals surface area contributed by atoms with Crippen LogP contribution in [-0.4, -0.2) is 34.6 Å². The first-order chi connectivity index (χ1) is 13.5. The summed E-state index contributed by atoms with van der Waals surface area (Å²) < 4.78 is 0. The quantitative estimate of drug-likeness (QED) is 0.651. The Morgan fingerprint density at radius 1 is 0.964 bits per heavy atom. The van der Waals surface area contributed by atoms with Crippen LogP contribution in [0, 0.1) is 0 Å². The highest BCUT2D eigenvalue weighted by atomic mass is 32.2. The molecule has 1 atom stereocenters. The molecule has 0 spiro atoms. The van der Waals surface area contributed by atoms with Crippen LogP contribution in [0.3, 0.4) is 0 Å². The normalized spacial score (nSPS) is 11.9. The second-order valence-corrected chi connectivity index (χ2v) is 8.06. The third kappa shape index (κ3) is 7.04. The molecule has 0 fully saturated rings. The van der Waals surface area contributed by atoms with Crippen LogP contribution in [0.5, 0.6) is 0 Å². The fourth-order valence-electron chi connectivity index (χ4n) is 2.99. The molecule has 0 radical (unpaired) electrons. The molecule has 2 rings (SSSR count). The molecule has 0 saturated heterocycles. The van der Waals surface area contributed by atoms with E-state index in [4.69, 9.17) is 0 Å². The lowest BCUT2D eigenvalue weighted by Gasteiger charge is -2.31. The maximum atomic E-state index is 13.1. The minimum atomic E-state index is -0.465. The largest absolute Gasteiger partial charge is 0.352 e. The number of nitrogens with zero attached hydrogens (tertiary/aromatic N) is 1. The second kappa shape index (κ2) is 11.5. The molecule has 5 heteroatoms. The van der Waals surface area contributed by atoms with Gasteiger partial charge in [-0.2, -0.15) is 0 Å². The van der Waals surface area contributed by atoms with E-state index < -0.39 is 6.04 Å². The van der Waals surface area contributed by atoms with Gasteiger partial charge in [-0.15, -0.1) is 11.8 Å². The average molecular weight is 399 g/mol. The van der Waals surface area contributed by atoms with Crippen molar-refractivity contribution < 1.29 is 9.59 Å². The summed E-state index contributed by atoms with van der Waals surface area (Å²) in [5, 5.41) is 2.96. The standard InChI is InChI=1S/C23H30N2O2S/c1-4-21(23(27)24-18(2)3)25(15-19-11-7-5-8-12-19)22(26)17-28-16-20-13-9-6-10-14-20/h5-14,18,21H,4,15-17H2,1-3H3,(H,24,27). The summed E-state index contributed by atoms with van der Waals surface area (Å²) in [5.74, 6) is 1.04. The van der Waals surface area contributed by atoms with Crippen molar-refractivity contribution in [3.05, 3.63) is 71.8 Å². The van der Waals surface area contributed by atoms with Gasteiger partial charge in [0.2, 0.25) is 11.8 Å². The fourth-order valence-corrected chi connectivity index (χ4v) is 3.86. The number of nitrogens with one attached hydrogen (secondary N) is 1. The van der Waals surface area contributed by atoms with Crippen molar-refractivity contribution in [1.29, 1.82) is 0 Å². The van der Waals surface area contributed by atoms with Crippen molar-refractivity contribution in [3.8, 4) is 0 Å². The Morgan fingerprint density at radius 2 is 1.54 bits per heavy atom. The van der Waals surface area contributed by atoms with Gasteiger partial charge in [-0.05, 0) is 31.4 Å². The van der Waals surface area contributed by atoms with Gasteiger partial charge in [0, 0.05) is 18.3 Å². The molecule has 0 aliphatic carbocycles. The van der Waals surface area contributed by atoms with Gasteiger partial charge in [0.1, 0.15) is 6.04 Å². The summed E-state index contributed by atoms with van der Waals surface area (Å²) in [6, 6.07) is 19.5. The van der Waals surface area contributed by atoms with Crippen LogP contribution in [0.1, 0.15) is 38.3 Å². The molecule has 0 aliphatic rings. The molecule has 0 aliphatic heterocycles. The van der Waals surface area contributed by atoms with Gasteiger partial charge in [0.15, 0.2) is 0 Å². The topological polar surface area (TPSA) is 49.4 Å². The van der Waals surface area contributed by atoms with Crippen LogP contribution >= 0.6 is 11.8 Å². The Hall–Kier alpha value is -2.27. The Labute approximate surface area is 172 Å². The van der Waals surface area contributed by atoms with Gasteiger partial charge in [-0.1, -0.05) is 67.6 Å². The van der Waals surface area contributed by atoms with E-state index in [1.807, 2.05) is 69.3 Å². The van der Waals surface area contributed by atoms with Crippen molar-refractivity contribution in [2.75, 3.05) is 5.75 Å². The summed E-state index contributed by atoms with van der Waals surface area (Å²) in [6.45, 7) is 6.26. The monoisotopic (exact) mass is 398 g/mol. The molecule has 0 saturated carbocycles. The van der Waals surface area contributed by atoms with Crippen LogP contribution in [0.25, 0.3) is 0 Å². The molecule has 2 amide bonds. The minimum Gasteiger partial charge on any atom is -0.352 e. The van der Waals surface area contributed by atoms with Gasteiger partial charge >= 0.3 is 0 Å². The molecule has 150 valence electrons. The molecule has 0 bridgehead atoms. The second-order valence-electron chi connectivity index (χ2n) is 7.07. The highest BCUT2D eigenvalue weighted by Gasteiger charge is 2.28. The van der Waals surface area contributed by atoms with Crippen LogP contribution < -0.4 is 5.32 Å². The summed E-state index contributed by atoms with van der Waals surface area (Å²) in [4.78, 5) is 27.5. The SMILES string of the molecule is CCC(C(=O)NC(C)C)N(Cc1ccccc1)C(=O)CSCc1ccccc1. The van der Waals surface area contributed by atoms with E-state index >= 15 is 0 Å². The van der Waals surface area contributed by atoms with E-state index in [1.54, 1.807) is 16.7 Å². The van der Waals surface area contributed by atoms with Gasteiger partial charge in [-0.25, -0.2) is 0 Å². The highest BCUT2D eigenvalue weighted by Crippen LogP contribution is 2.17. The van der Waals surface area contributed by atoms with Gasteiger partial charge in [0.05, 0.1) is 5.75 Å². The zero-order valence-corrected chi connectivity index (χ0v) is 17.7. The Balaban J connectivity index is 2.09. The predicted octanol–water partition coefficient (Wildman–Crippen LogP) is 4.25. The Kier molecular flexibility index (Phi) is 9.08. The Bertz CT molecular complexity index is 735. The first-order valence-electron chi connectivity index (χ1n) is 9.76. The molecule has 1 unspecified atom stereocenters. The van der Waals surface area contributed by atoms with Crippen molar-refractivity contribution in [2.45, 2.75) is 51.6 Å². The minimum absolute atomic E-state index is 0.00413. The lowest BCUT2D eigenvalue weighted by molar-refractivity contribution is -0.139. The van der Waals surface area contributed by atoms with Gasteiger partial charge in [0.25, 0.3) is 0 Å². The third-order valence-electron chi connectivity index (χ3n) is 4.35. The maximum absolute atomic E-state index is 13.1. The van der Waals surface area contributed by atoms with Crippen LogP contribution in [0.15, 0.2) is 60.7 Å². The lowest BCUT2D eigenvalue weighted by atomic mass is 10.1. The van der Waals surface area contributed by atoms with E-state index in [9.17, 15) is 9.59 Å². The molecule has 1 N–H and O–H groups in total. The molecular formula is C23H30N2O2S. The number of carbonyl (C=O) groups excluding carboxylic acids is 2. The first-order valence-corrected chi connectivity index (χ1v) is 10.9. The molecular weight excluding hydrogens is 368 g/mol. The molecule has 0 aromatic heterocycles. The lowest BCUT2D eigenvalue weighted by Crippen LogP contribution is -2.50. The number of benzene rings is 2. The van der Waals surface area contributed by atoms with E-state index in [2.05, 4.69) is 17.4 Å². The molecule has 28 heavy (non-hydrogen) atoms. The predicted molar refractivity (Wildman–Crippen MR) is 117 cm³/mol. The summed E-state index contributed by atoms with van der Waals surface area (Å²) in [6.07, 6.45) is 0.584. The van der Waals surface area contributed by atoms with Gasteiger partial charge < -0.3 is 10.2 Å². The number of carbonyl (C=O) groups is 2. The summed E-state index contributed by atoms with van der Waals surface area (Å²) >= 11 is 1.58. The number of thioether (sulfide) groups is 1. The van der Waals surface area contributed by atoms with E-state index in [0.29, 0.717) is 18.7 Å². The van der Waals surface area contributed by atoms with Crippen LogP contribution in [0.4, 0.5) is 0 Å². The van der Waals surface area contributed by atoms with Crippen molar-refractivity contribution in [3.63, 3.8) is 0 Å². The fraction of sp³-hybridized carbons (Fsp3) is 0.391.